The highest BCUT2D eigenvalue weighted by Gasteiger charge is 2.16. The molecule has 9 nitrogen and oxygen atoms in total. The number of nitrogens with two attached hydrogens (primary N) is 1. The summed E-state index contributed by atoms with van der Waals surface area (Å²) in [6.07, 6.45) is 0.237. The number of rotatable bonds is 6. The summed E-state index contributed by atoms with van der Waals surface area (Å²) in [7, 11) is 2.17. The predicted octanol–water partition coefficient (Wildman–Crippen LogP) is 0.930. The third-order valence-electron chi connectivity index (χ3n) is 5.89. The number of carbonyl (C=O) groups excluding carboxylic acids is 1. The van der Waals surface area contributed by atoms with Gasteiger partial charge in [0.05, 0.1) is 6.42 Å². The number of aryl methyl sites for hydroxylation is 2. The average molecular weight is 423 g/mol. The largest absolute Gasteiger partial charge is 0.366 e. The lowest BCUT2D eigenvalue weighted by Gasteiger charge is -2.32. The number of fused-ring (bicyclic) bond motifs is 1. The molecule has 0 spiro atoms. The Labute approximate surface area is 182 Å². The van der Waals surface area contributed by atoms with Crippen LogP contribution in [0.3, 0.4) is 0 Å². The summed E-state index contributed by atoms with van der Waals surface area (Å²) in [6.45, 7) is 9.62. The van der Waals surface area contributed by atoms with Crippen molar-refractivity contribution in [3.63, 3.8) is 0 Å². The van der Waals surface area contributed by atoms with Crippen LogP contribution in [0.25, 0.3) is 5.78 Å². The van der Waals surface area contributed by atoms with Crippen molar-refractivity contribution in [1.82, 2.24) is 34.7 Å². The zero-order valence-electron chi connectivity index (χ0n) is 18.4. The Hall–Kier alpha value is -3.04. The zero-order valence-corrected chi connectivity index (χ0v) is 18.4. The molecular formula is C22H30N8O. The minimum Gasteiger partial charge on any atom is -0.366 e. The molecule has 3 heterocycles. The maximum Gasteiger partial charge on any atom is 0.254 e. The molecule has 9 heteroatoms. The molecule has 1 saturated heterocycles. The van der Waals surface area contributed by atoms with E-state index in [9.17, 15) is 4.79 Å². The fourth-order valence-corrected chi connectivity index (χ4v) is 4.01. The van der Waals surface area contributed by atoms with Gasteiger partial charge in [-0.25, -0.2) is 4.98 Å². The smallest absolute Gasteiger partial charge is 0.254 e. The molecule has 0 radical (unpaired) electrons. The van der Waals surface area contributed by atoms with Gasteiger partial charge in [0.1, 0.15) is 0 Å². The second-order valence-electron chi connectivity index (χ2n) is 8.30. The molecule has 0 unspecified atom stereocenters. The van der Waals surface area contributed by atoms with E-state index in [0.29, 0.717) is 12.3 Å². The van der Waals surface area contributed by atoms with E-state index in [1.165, 1.54) is 5.56 Å². The van der Waals surface area contributed by atoms with Crippen LogP contribution in [-0.2, 0) is 24.3 Å². The molecule has 4 rings (SSSR count). The minimum absolute atomic E-state index is 0.0510. The molecule has 2 aromatic heterocycles. The van der Waals surface area contributed by atoms with Crippen molar-refractivity contribution in [3.8, 4) is 0 Å². The van der Waals surface area contributed by atoms with E-state index in [1.54, 1.807) is 4.52 Å². The molecule has 0 aliphatic carbocycles. The Morgan fingerprint density at radius 1 is 1.13 bits per heavy atom. The monoisotopic (exact) mass is 422 g/mol. The molecule has 31 heavy (non-hydrogen) atoms. The van der Waals surface area contributed by atoms with E-state index in [1.807, 2.05) is 13.8 Å². The van der Waals surface area contributed by atoms with Gasteiger partial charge in [-0.3, -0.25) is 9.69 Å². The van der Waals surface area contributed by atoms with Crippen molar-refractivity contribution in [2.45, 2.75) is 33.4 Å². The SMILES string of the molecule is Cc1nc2nc(N)nn2c(C)c1CC(=O)NCc1cccc(CN2CCN(C)CC2)c1. The molecule has 1 amide bonds. The molecule has 0 bridgehead atoms. The van der Waals surface area contributed by atoms with Gasteiger partial charge in [0.2, 0.25) is 11.9 Å². The Kier molecular flexibility index (Phi) is 6.15. The third kappa shape index (κ3) is 5.00. The van der Waals surface area contributed by atoms with E-state index in [-0.39, 0.29) is 18.3 Å². The van der Waals surface area contributed by atoms with E-state index >= 15 is 0 Å². The molecule has 3 N–H and O–H groups in total. The van der Waals surface area contributed by atoms with Crippen LogP contribution >= 0.6 is 0 Å². The molecule has 0 saturated carbocycles. The normalized spacial score (nSPS) is 15.5. The van der Waals surface area contributed by atoms with Crippen molar-refractivity contribution in [2.24, 2.45) is 0 Å². The van der Waals surface area contributed by atoms with Gasteiger partial charge in [-0.15, -0.1) is 5.10 Å². The van der Waals surface area contributed by atoms with Crippen LogP contribution in [0.1, 0.15) is 28.1 Å². The van der Waals surface area contributed by atoms with E-state index in [0.717, 1.165) is 55.2 Å². The van der Waals surface area contributed by atoms with Crippen molar-refractivity contribution >= 4 is 17.6 Å². The number of carbonyl (C=O) groups is 1. The van der Waals surface area contributed by atoms with Gasteiger partial charge in [-0.1, -0.05) is 24.3 Å². The molecule has 1 aromatic carbocycles. The lowest BCUT2D eigenvalue weighted by Crippen LogP contribution is -2.43. The summed E-state index contributed by atoms with van der Waals surface area (Å²) < 4.78 is 1.59. The summed E-state index contributed by atoms with van der Waals surface area (Å²) in [5, 5.41) is 7.19. The van der Waals surface area contributed by atoms with Crippen molar-refractivity contribution in [3.05, 3.63) is 52.3 Å². The minimum atomic E-state index is -0.0510. The Balaban J connectivity index is 1.36. The molecule has 1 fully saturated rings. The first-order valence-electron chi connectivity index (χ1n) is 10.6. The maximum absolute atomic E-state index is 12.6. The van der Waals surface area contributed by atoms with Crippen LogP contribution in [0.4, 0.5) is 5.95 Å². The highest BCUT2D eigenvalue weighted by atomic mass is 16.1. The quantitative estimate of drug-likeness (QED) is 0.609. The summed E-state index contributed by atoms with van der Waals surface area (Å²) >= 11 is 0. The summed E-state index contributed by atoms with van der Waals surface area (Å²) in [5.74, 6) is 0.576. The van der Waals surface area contributed by atoms with Gasteiger partial charge in [0, 0.05) is 56.2 Å². The molecule has 1 aliphatic heterocycles. The number of nitrogens with zero attached hydrogens (tertiary/aromatic N) is 6. The summed E-state index contributed by atoms with van der Waals surface area (Å²) in [4.78, 5) is 26.0. The van der Waals surface area contributed by atoms with Crippen molar-refractivity contribution in [1.29, 1.82) is 0 Å². The first kappa shape index (κ1) is 21.2. The fraction of sp³-hybridized carbons (Fsp3) is 0.455. The number of benzene rings is 1. The van der Waals surface area contributed by atoms with Crippen LogP contribution < -0.4 is 11.1 Å². The zero-order chi connectivity index (χ0) is 22.0. The highest BCUT2D eigenvalue weighted by Crippen LogP contribution is 2.15. The Bertz CT molecular complexity index is 1080. The second kappa shape index (κ2) is 8.99. The highest BCUT2D eigenvalue weighted by molar-refractivity contribution is 5.79. The summed E-state index contributed by atoms with van der Waals surface area (Å²) in [5.41, 5.74) is 10.5. The van der Waals surface area contributed by atoms with Gasteiger partial charge in [-0.05, 0) is 32.0 Å². The number of piperazine rings is 1. The standard InChI is InChI=1S/C22H30N8O/c1-15-19(16(2)30-22(25-15)26-21(23)27-30)12-20(31)24-13-17-5-4-6-18(11-17)14-29-9-7-28(3)8-10-29/h4-6,11H,7-10,12-14H2,1-3H3,(H2,23,27)(H,24,31). The van der Waals surface area contributed by atoms with E-state index < -0.39 is 0 Å². The molecule has 0 atom stereocenters. The molecule has 1 aliphatic rings. The van der Waals surface area contributed by atoms with Crippen molar-refractivity contribution < 1.29 is 4.79 Å². The van der Waals surface area contributed by atoms with Crippen LogP contribution in [0.2, 0.25) is 0 Å². The number of anilines is 1. The van der Waals surface area contributed by atoms with Crippen LogP contribution in [-0.4, -0.2) is 68.5 Å². The van der Waals surface area contributed by atoms with Crippen LogP contribution in [0, 0.1) is 13.8 Å². The fourth-order valence-electron chi connectivity index (χ4n) is 4.01. The third-order valence-corrected chi connectivity index (χ3v) is 5.89. The predicted molar refractivity (Wildman–Crippen MR) is 119 cm³/mol. The van der Waals surface area contributed by atoms with Gasteiger partial charge in [0.15, 0.2) is 0 Å². The van der Waals surface area contributed by atoms with Crippen molar-refractivity contribution in [2.75, 3.05) is 39.0 Å². The number of likely N-dealkylation sites (N-methyl/N-ethyl adjacent to an activating group) is 1. The van der Waals surface area contributed by atoms with Crippen LogP contribution in [0.5, 0.6) is 0 Å². The number of hydrogen-bond acceptors (Lipinski definition) is 7. The lowest BCUT2D eigenvalue weighted by molar-refractivity contribution is -0.120. The van der Waals surface area contributed by atoms with E-state index in [2.05, 4.69) is 61.5 Å². The molecule has 164 valence electrons. The first-order chi connectivity index (χ1) is 14.9. The number of nitrogens with one attached hydrogen (secondary N) is 1. The lowest BCUT2D eigenvalue weighted by atomic mass is 10.1. The molecular weight excluding hydrogens is 392 g/mol. The second-order valence-corrected chi connectivity index (χ2v) is 8.30. The van der Waals surface area contributed by atoms with Gasteiger partial charge >= 0.3 is 0 Å². The summed E-state index contributed by atoms with van der Waals surface area (Å²) in [6, 6.07) is 8.45. The van der Waals surface area contributed by atoms with Gasteiger partial charge in [-0.2, -0.15) is 9.50 Å². The Morgan fingerprint density at radius 2 is 1.87 bits per heavy atom. The van der Waals surface area contributed by atoms with Gasteiger partial charge < -0.3 is 16.0 Å². The van der Waals surface area contributed by atoms with E-state index in [4.69, 9.17) is 5.73 Å². The maximum atomic E-state index is 12.6. The van der Waals surface area contributed by atoms with Crippen LogP contribution in [0.15, 0.2) is 24.3 Å². The number of amides is 1. The average Bonchev–Trinajstić information content (AvgIpc) is 3.12. The number of nitrogen functional groups attached to an aromatic ring is 1. The first-order valence-corrected chi connectivity index (χ1v) is 10.6. The number of hydrogen-bond donors (Lipinski definition) is 2. The number of aromatic nitrogens is 4. The Morgan fingerprint density at radius 3 is 2.65 bits per heavy atom. The molecule has 3 aromatic rings. The van der Waals surface area contributed by atoms with Gasteiger partial charge in [0.25, 0.3) is 5.78 Å². The topological polar surface area (TPSA) is 105 Å².